The molecule has 1 aromatic heterocycles. The van der Waals surface area contributed by atoms with E-state index in [2.05, 4.69) is 37.6 Å². The van der Waals surface area contributed by atoms with Crippen LogP contribution in [0.5, 0.6) is 0 Å². The average molecular weight is 260 g/mol. The van der Waals surface area contributed by atoms with Crippen molar-refractivity contribution >= 4 is 0 Å². The zero-order valence-electron chi connectivity index (χ0n) is 12.7. The molecule has 2 N–H and O–H groups in total. The van der Waals surface area contributed by atoms with E-state index in [1.807, 2.05) is 0 Å². The molecule has 1 unspecified atom stereocenters. The molecule has 3 rings (SSSR count). The molecule has 0 aromatic carbocycles. The minimum atomic E-state index is 0.235. The van der Waals surface area contributed by atoms with Crippen LogP contribution >= 0.6 is 0 Å². The molecule has 0 spiro atoms. The summed E-state index contributed by atoms with van der Waals surface area (Å²) in [5.74, 6) is 0. The molecule has 0 aliphatic heterocycles. The molecule has 2 aliphatic rings. The fraction of sp³-hybridized carbons (Fsp3) is 0.765. The minimum absolute atomic E-state index is 0.235. The van der Waals surface area contributed by atoms with E-state index in [0.29, 0.717) is 10.8 Å². The molecule has 2 aliphatic carbocycles. The summed E-state index contributed by atoms with van der Waals surface area (Å²) >= 11 is 0. The lowest BCUT2D eigenvalue weighted by atomic mass is 9.67. The summed E-state index contributed by atoms with van der Waals surface area (Å²) in [5.41, 5.74) is 10.2. The molecule has 0 amide bonds. The van der Waals surface area contributed by atoms with Crippen LogP contribution in [-0.4, -0.2) is 4.57 Å². The van der Waals surface area contributed by atoms with E-state index in [1.165, 1.54) is 49.9 Å². The van der Waals surface area contributed by atoms with Crippen molar-refractivity contribution in [1.82, 2.24) is 4.57 Å². The van der Waals surface area contributed by atoms with Crippen molar-refractivity contribution < 1.29 is 0 Å². The second-order valence-corrected chi connectivity index (χ2v) is 7.70. The highest BCUT2D eigenvalue weighted by Gasteiger charge is 2.38. The third kappa shape index (κ3) is 2.24. The fourth-order valence-corrected chi connectivity index (χ4v) is 4.10. The quantitative estimate of drug-likeness (QED) is 0.873. The fourth-order valence-electron chi connectivity index (χ4n) is 4.10. The van der Waals surface area contributed by atoms with Crippen LogP contribution in [0.3, 0.4) is 0 Å². The zero-order valence-corrected chi connectivity index (χ0v) is 12.7. The van der Waals surface area contributed by atoms with Gasteiger partial charge in [0, 0.05) is 24.5 Å². The second kappa shape index (κ2) is 4.37. The SMILES string of the molecule is CCC1(Cn2ccc3c2CC(C)(C)CC3N)CCC1. The molecular weight excluding hydrogens is 232 g/mol. The largest absolute Gasteiger partial charge is 0.351 e. The van der Waals surface area contributed by atoms with Crippen LogP contribution < -0.4 is 5.73 Å². The molecule has 2 nitrogen and oxygen atoms in total. The van der Waals surface area contributed by atoms with Gasteiger partial charge in [0.15, 0.2) is 0 Å². The van der Waals surface area contributed by atoms with Gasteiger partial charge < -0.3 is 10.3 Å². The number of hydrogen-bond acceptors (Lipinski definition) is 1. The lowest BCUT2D eigenvalue weighted by Gasteiger charge is -2.43. The van der Waals surface area contributed by atoms with E-state index in [1.54, 1.807) is 0 Å². The number of fused-ring (bicyclic) bond motifs is 1. The summed E-state index contributed by atoms with van der Waals surface area (Å²) in [6.45, 7) is 8.27. The zero-order chi connectivity index (χ0) is 13.7. The Hall–Kier alpha value is -0.760. The van der Waals surface area contributed by atoms with E-state index in [-0.39, 0.29) is 6.04 Å². The summed E-state index contributed by atoms with van der Waals surface area (Å²) < 4.78 is 2.53. The smallest absolute Gasteiger partial charge is 0.0318 e. The first kappa shape index (κ1) is 13.2. The number of hydrogen-bond donors (Lipinski definition) is 1. The summed E-state index contributed by atoms with van der Waals surface area (Å²) in [6.07, 6.45) is 10.1. The highest BCUT2D eigenvalue weighted by Crippen LogP contribution is 2.47. The molecule has 0 bridgehead atoms. The maximum absolute atomic E-state index is 6.36. The van der Waals surface area contributed by atoms with Crippen LogP contribution in [0.25, 0.3) is 0 Å². The lowest BCUT2D eigenvalue weighted by Crippen LogP contribution is -2.35. The highest BCUT2D eigenvalue weighted by atomic mass is 15.0. The molecule has 106 valence electrons. The molecular formula is C17H28N2. The predicted octanol–water partition coefficient (Wildman–Crippen LogP) is 4.04. The van der Waals surface area contributed by atoms with Crippen molar-refractivity contribution in [2.45, 2.75) is 71.9 Å². The van der Waals surface area contributed by atoms with Gasteiger partial charge in [0.1, 0.15) is 0 Å². The molecule has 2 heteroatoms. The summed E-state index contributed by atoms with van der Waals surface area (Å²) in [5, 5.41) is 0. The van der Waals surface area contributed by atoms with Gasteiger partial charge >= 0.3 is 0 Å². The minimum Gasteiger partial charge on any atom is -0.351 e. The molecule has 0 saturated heterocycles. The highest BCUT2D eigenvalue weighted by molar-refractivity contribution is 5.30. The number of nitrogens with zero attached hydrogens (tertiary/aromatic N) is 1. The Bertz CT molecular complexity index is 460. The van der Waals surface area contributed by atoms with E-state index in [9.17, 15) is 0 Å². The Morgan fingerprint density at radius 3 is 2.68 bits per heavy atom. The van der Waals surface area contributed by atoms with Crippen LogP contribution in [0, 0.1) is 10.8 Å². The number of rotatable bonds is 3. The van der Waals surface area contributed by atoms with Gasteiger partial charge in [-0.15, -0.1) is 0 Å². The maximum Gasteiger partial charge on any atom is 0.0318 e. The van der Waals surface area contributed by atoms with Gasteiger partial charge in [-0.3, -0.25) is 0 Å². The van der Waals surface area contributed by atoms with Gasteiger partial charge in [0.2, 0.25) is 0 Å². The van der Waals surface area contributed by atoms with E-state index >= 15 is 0 Å². The Morgan fingerprint density at radius 2 is 2.11 bits per heavy atom. The average Bonchev–Trinajstić information content (AvgIpc) is 2.65. The third-order valence-corrected chi connectivity index (χ3v) is 5.60. The van der Waals surface area contributed by atoms with Crippen LogP contribution in [0.4, 0.5) is 0 Å². The van der Waals surface area contributed by atoms with Crippen molar-refractivity contribution in [2.24, 2.45) is 16.6 Å². The first-order valence-electron chi connectivity index (χ1n) is 7.88. The Morgan fingerprint density at radius 1 is 1.37 bits per heavy atom. The van der Waals surface area contributed by atoms with Gasteiger partial charge in [-0.25, -0.2) is 0 Å². The maximum atomic E-state index is 6.36. The van der Waals surface area contributed by atoms with Gasteiger partial charge in [0.25, 0.3) is 0 Å². The third-order valence-electron chi connectivity index (χ3n) is 5.60. The van der Waals surface area contributed by atoms with Gasteiger partial charge in [-0.1, -0.05) is 27.2 Å². The van der Waals surface area contributed by atoms with Crippen molar-refractivity contribution in [3.8, 4) is 0 Å². The topological polar surface area (TPSA) is 30.9 Å². The Kier molecular flexibility index (Phi) is 3.05. The van der Waals surface area contributed by atoms with Gasteiger partial charge in [-0.05, 0) is 54.6 Å². The molecule has 1 atom stereocenters. The van der Waals surface area contributed by atoms with Crippen LogP contribution in [0.1, 0.15) is 70.2 Å². The van der Waals surface area contributed by atoms with Gasteiger partial charge in [-0.2, -0.15) is 0 Å². The number of nitrogens with two attached hydrogens (primary N) is 1. The van der Waals surface area contributed by atoms with Crippen LogP contribution in [0.15, 0.2) is 12.3 Å². The first-order chi connectivity index (χ1) is 8.95. The summed E-state index contributed by atoms with van der Waals surface area (Å²) in [7, 11) is 0. The Balaban J connectivity index is 1.88. The summed E-state index contributed by atoms with van der Waals surface area (Å²) in [6, 6.07) is 2.51. The molecule has 1 fully saturated rings. The van der Waals surface area contributed by atoms with E-state index in [0.717, 1.165) is 6.42 Å². The molecule has 1 aromatic rings. The van der Waals surface area contributed by atoms with Crippen molar-refractivity contribution in [2.75, 3.05) is 0 Å². The first-order valence-corrected chi connectivity index (χ1v) is 7.88. The monoisotopic (exact) mass is 260 g/mol. The Labute approximate surface area is 117 Å². The molecule has 1 saturated carbocycles. The molecule has 0 radical (unpaired) electrons. The summed E-state index contributed by atoms with van der Waals surface area (Å²) in [4.78, 5) is 0. The molecule has 1 heterocycles. The van der Waals surface area contributed by atoms with Crippen LogP contribution in [-0.2, 0) is 13.0 Å². The van der Waals surface area contributed by atoms with E-state index < -0.39 is 0 Å². The van der Waals surface area contributed by atoms with Crippen molar-refractivity contribution in [3.63, 3.8) is 0 Å². The van der Waals surface area contributed by atoms with E-state index in [4.69, 9.17) is 5.73 Å². The van der Waals surface area contributed by atoms with Gasteiger partial charge in [0.05, 0.1) is 0 Å². The predicted molar refractivity (Wildman–Crippen MR) is 80.0 cm³/mol. The van der Waals surface area contributed by atoms with Crippen molar-refractivity contribution in [1.29, 1.82) is 0 Å². The molecule has 19 heavy (non-hydrogen) atoms. The lowest BCUT2D eigenvalue weighted by molar-refractivity contribution is 0.0978. The second-order valence-electron chi connectivity index (χ2n) is 7.70. The number of aromatic nitrogens is 1. The standard InChI is InChI=1S/C17H28N2/c1-4-17(7-5-8-17)12-19-9-6-13-14(18)10-16(2,3)11-15(13)19/h6,9,14H,4-5,7-8,10-12,18H2,1-3H3. The van der Waals surface area contributed by atoms with Crippen molar-refractivity contribution in [3.05, 3.63) is 23.5 Å². The van der Waals surface area contributed by atoms with Crippen LogP contribution in [0.2, 0.25) is 0 Å². The normalized spacial score (nSPS) is 27.7.